The first kappa shape index (κ1) is 20.4. The van der Waals surface area contributed by atoms with Crippen molar-refractivity contribution in [1.29, 1.82) is 0 Å². The van der Waals surface area contributed by atoms with Crippen molar-refractivity contribution in [2.45, 2.75) is 45.6 Å². The normalized spacial score (nSPS) is 34.2. The van der Waals surface area contributed by atoms with Crippen molar-refractivity contribution in [1.82, 2.24) is 20.4 Å². The monoisotopic (exact) mass is 401 g/mol. The van der Waals surface area contributed by atoms with Crippen LogP contribution in [0.4, 0.5) is 0 Å². The number of guanidine groups is 1. The van der Waals surface area contributed by atoms with Crippen LogP contribution in [0.5, 0.6) is 0 Å². The summed E-state index contributed by atoms with van der Waals surface area (Å²) in [5, 5.41) is 6.57. The molecule has 2 saturated heterocycles. The van der Waals surface area contributed by atoms with E-state index in [2.05, 4.69) is 39.6 Å². The number of aliphatic imine (C=N–C) groups is 1. The molecule has 0 aromatic heterocycles. The Hall–Kier alpha value is -1.89. The zero-order chi connectivity index (χ0) is 20.4. The molecule has 0 spiro atoms. The summed E-state index contributed by atoms with van der Waals surface area (Å²) in [5.74, 6) is 1.15. The second kappa shape index (κ2) is 8.86. The van der Waals surface area contributed by atoms with E-state index in [0.717, 1.165) is 32.0 Å². The smallest absolute Gasteiger partial charge is 0.233 e. The molecule has 2 aliphatic heterocycles. The third-order valence-electron chi connectivity index (χ3n) is 7.13. The van der Waals surface area contributed by atoms with Gasteiger partial charge in [0.15, 0.2) is 5.96 Å². The van der Waals surface area contributed by atoms with Gasteiger partial charge in [-0.25, -0.2) is 0 Å². The minimum absolute atomic E-state index is 0.0275. The maximum absolute atomic E-state index is 12.8. The van der Waals surface area contributed by atoms with Gasteiger partial charge in [-0.05, 0) is 51.5 Å². The fourth-order valence-electron chi connectivity index (χ4n) is 5.59. The summed E-state index contributed by atoms with van der Waals surface area (Å²) >= 11 is 0. The SMILES string of the molecule is CCNC(=NCCN1CCCCC1C)NCCN1C(=O)C2C3C=CC(C3)C2C1=O. The predicted octanol–water partition coefficient (Wildman–Crippen LogP) is 1.22. The number of carbonyl (C=O) groups excluding carboxylic acids is 2. The Kier molecular flexibility index (Phi) is 6.23. The molecule has 7 nitrogen and oxygen atoms in total. The Morgan fingerprint density at radius 1 is 1.10 bits per heavy atom. The van der Waals surface area contributed by atoms with Crippen LogP contribution in [0, 0.1) is 23.7 Å². The van der Waals surface area contributed by atoms with Crippen LogP contribution >= 0.6 is 0 Å². The van der Waals surface area contributed by atoms with Crippen molar-refractivity contribution in [2.75, 3.05) is 39.3 Å². The minimum Gasteiger partial charge on any atom is -0.357 e. The summed E-state index contributed by atoms with van der Waals surface area (Å²) in [6.07, 6.45) is 9.14. The van der Waals surface area contributed by atoms with E-state index in [-0.39, 0.29) is 35.5 Å². The van der Waals surface area contributed by atoms with Gasteiger partial charge < -0.3 is 10.6 Å². The van der Waals surface area contributed by atoms with E-state index in [0.29, 0.717) is 19.1 Å². The molecule has 29 heavy (non-hydrogen) atoms. The molecule has 0 aromatic carbocycles. The number of fused-ring (bicyclic) bond motifs is 5. The van der Waals surface area contributed by atoms with Crippen LogP contribution in [0.1, 0.15) is 39.5 Å². The van der Waals surface area contributed by atoms with Gasteiger partial charge in [0.05, 0.1) is 18.4 Å². The second-order valence-electron chi connectivity index (χ2n) is 8.90. The highest BCUT2D eigenvalue weighted by Gasteiger charge is 2.58. The first-order valence-corrected chi connectivity index (χ1v) is 11.4. The first-order valence-electron chi connectivity index (χ1n) is 11.4. The van der Waals surface area contributed by atoms with E-state index < -0.39 is 0 Å². The standard InChI is InChI=1S/C22H35N5O2/c1-3-23-22(24-9-12-26-11-5-4-6-15(26)2)25-10-13-27-20(28)18-16-7-8-17(14-16)19(18)21(27)29/h7-8,15-19H,3-6,9-14H2,1-2H3,(H2,23,24,25). The quantitative estimate of drug-likeness (QED) is 0.290. The number of nitrogens with one attached hydrogen (secondary N) is 2. The molecule has 160 valence electrons. The molecule has 2 amide bonds. The van der Waals surface area contributed by atoms with Crippen LogP contribution in [0.3, 0.4) is 0 Å². The maximum Gasteiger partial charge on any atom is 0.233 e. The molecule has 3 fully saturated rings. The summed E-state index contributed by atoms with van der Waals surface area (Å²) in [6, 6.07) is 0.644. The maximum atomic E-state index is 12.8. The molecular formula is C22H35N5O2. The average Bonchev–Trinajstić information content (AvgIpc) is 3.39. The Morgan fingerprint density at radius 3 is 2.48 bits per heavy atom. The lowest BCUT2D eigenvalue weighted by molar-refractivity contribution is -0.140. The van der Waals surface area contributed by atoms with Crippen molar-refractivity contribution in [2.24, 2.45) is 28.7 Å². The van der Waals surface area contributed by atoms with Gasteiger partial charge in [-0.2, -0.15) is 0 Å². The number of hydrogen-bond donors (Lipinski definition) is 2. The molecule has 5 atom stereocenters. The second-order valence-corrected chi connectivity index (χ2v) is 8.90. The fraction of sp³-hybridized carbons (Fsp3) is 0.773. The van der Waals surface area contributed by atoms with Gasteiger partial charge in [-0.3, -0.25) is 24.4 Å². The molecule has 1 saturated carbocycles. The van der Waals surface area contributed by atoms with Gasteiger partial charge in [0.2, 0.25) is 11.8 Å². The largest absolute Gasteiger partial charge is 0.357 e. The van der Waals surface area contributed by atoms with Crippen LogP contribution in [-0.4, -0.2) is 72.9 Å². The number of imide groups is 1. The Labute approximate surface area is 174 Å². The van der Waals surface area contributed by atoms with Crippen LogP contribution in [-0.2, 0) is 9.59 Å². The van der Waals surface area contributed by atoms with Gasteiger partial charge in [0.1, 0.15) is 0 Å². The third-order valence-corrected chi connectivity index (χ3v) is 7.13. The Balaban J connectivity index is 1.25. The highest BCUT2D eigenvalue weighted by Crippen LogP contribution is 2.52. The molecule has 0 aromatic rings. The van der Waals surface area contributed by atoms with Gasteiger partial charge in [-0.1, -0.05) is 18.6 Å². The lowest BCUT2D eigenvalue weighted by Gasteiger charge is -2.32. The van der Waals surface area contributed by atoms with E-state index in [1.54, 1.807) is 0 Å². The number of hydrogen-bond acceptors (Lipinski definition) is 4. The average molecular weight is 402 g/mol. The van der Waals surface area contributed by atoms with Gasteiger partial charge in [-0.15, -0.1) is 0 Å². The number of amides is 2. The molecular weight excluding hydrogens is 366 g/mol. The first-order chi connectivity index (χ1) is 14.1. The van der Waals surface area contributed by atoms with Crippen molar-refractivity contribution in [3.05, 3.63) is 12.2 Å². The van der Waals surface area contributed by atoms with Gasteiger partial charge >= 0.3 is 0 Å². The van der Waals surface area contributed by atoms with E-state index in [1.807, 2.05) is 6.92 Å². The number of carbonyl (C=O) groups is 2. The van der Waals surface area contributed by atoms with Crippen LogP contribution < -0.4 is 10.6 Å². The van der Waals surface area contributed by atoms with Crippen molar-refractivity contribution >= 4 is 17.8 Å². The number of nitrogens with zero attached hydrogens (tertiary/aromatic N) is 3. The van der Waals surface area contributed by atoms with Gasteiger partial charge in [0, 0.05) is 32.2 Å². The topological polar surface area (TPSA) is 77.0 Å². The fourth-order valence-corrected chi connectivity index (χ4v) is 5.59. The summed E-state index contributed by atoms with van der Waals surface area (Å²) in [5.41, 5.74) is 0. The lowest BCUT2D eigenvalue weighted by atomic mass is 9.85. The zero-order valence-corrected chi connectivity index (χ0v) is 17.8. The minimum atomic E-state index is -0.106. The Morgan fingerprint density at radius 2 is 1.83 bits per heavy atom. The van der Waals surface area contributed by atoms with Crippen LogP contribution in [0.25, 0.3) is 0 Å². The number of likely N-dealkylation sites (tertiary alicyclic amines) is 2. The van der Waals surface area contributed by atoms with Crippen molar-refractivity contribution in [3.63, 3.8) is 0 Å². The van der Waals surface area contributed by atoms with E-state index in [1.165, 1.54) is 30.7 Å². The third kappa shape index (κ3) is 4.06. The molecule has 2 aliphatic carbocycles. The molecule has 2 heterocycles. The number of piperidine rings is 1. The summed E-state index contributed by atoms with van der Waals surface area (Å²) in [7, 11) is 0. The van der Waals surface area contributed by atoms with E-state index >= 15 is 0 Å². The van der Waals surface area contributed by atoms with E-state index in [9.17, 15) is 9.59 Å². The van der Waals surface area contributed by atoms with E-state index in [4.69, 9.17) is 0 Å². The summed E-state index contributed by atoms with van der Waals surface area (Å²) in [4.78, 5) is 34.2. The molecule has 7 heteroatoms. The Bertz CT molecular complexity index is 661. The molecule has 5 unspecified atom stereocenters. The number of allylic oxidation sites excluding steroid dienone is 2. The lowest BCUT2D eigenvalue weighted by Crippen LogP contribution is -2.44. The molecule has 2 N–H and O–H groups in total. The summed E-state index contributed by atoms with van der Waals surface area (Å²) in [6.45, 7) is 8.96. The highest BCUT2D eigenvalue weighted by molar-refractivity contribution is 6.06. The molecule has 4 aliphatic rings. The molecule has 2 bridgehead atoms. The predicted molar refractivity (Wildman–Crippen MR) is 113 cm³/mol. The molecule has 4 rings (SSSR count). The van der Waals surface area contributed by atoms with Crippen molar-refractivity contribution < 1.29 is 9.59 Å². The zero-order valence-electron chi connectivity index (χ0n) is 17.8. The number of rotatable bonds is 7. The van der Waals surface area contributed by atoms with Crippen molar-refractivity contribution in [3.8, 4) is 0 Å². The van der Waals surface area contributed by atoms with Crippen LogP contribution in [0.2, 0.25) is 0 Å². The van der Waals surface area contributed by atoms with Gasteiger partial charge in [0.25, 0.3) is 0 Å². The molecule has 0 radical (unpaired) electrons. The van der Waals surface area contributed by atoms with Crippen LogP contribution in [0.15, 0.2) is 17.1 Å². The summed E-state index contributed by atoms with van der Waals surface area (Å²) < 4.78 is 0. The highest BCUT2D eigenvalue weighted by atomic mass is 16.2.